The van der Waals surface area contributed by atoms with Crippen LogP contribution in [-0.4, -0.2) is 44.8 Å². The molecule has 19 heavy (non-hydrogen) atoms. The first-order valence-electron chi connectivity index (χ1n) is 5.31. The highest BCUT2D eigenvalue weighted by Gasteiger charge is 2.48. The zero-order chi connectivity index (χ0) is 15.4. The zero-order valence-corrected chi connectivity index (χ0v) is 10.8. The Kier molecular flexibility index (Phi) is 5.05. The lowest BCUT2D eigenvalue weighted by atomic mass is 9.92. The average molecular weight is 276 g/mol. The standard InChI is InChI=1S/C11H16O8/c1-10(2,3)9(18)19-11(8(16)17,4-6(12)13)5-7(14)15/h4-5H2,1-3H3,(H,12,13)(H,14,15)(H,16,17). The van der Waals surface area contributed by atoms with Gasteiger partial charge in [-0.1, -0.05) is 0 Å². The van der Waals surface area contributed by atoms with E-state index >= 15 is 0 Å². The molecule has 108 valence electrons. The molecule has 0 rings (SSSR count). The van der Waals surface area contributed by atoms with Crippen molar-refractivity contribution in [3.05, 3.63) is 0 Å². The molecule has 0 atom stereocenters. The summed E-state index contributed by atoms with van der Waals surface area (Å²) in [6.45, 7) is 4.30. The normalized spacial score (nSPS) is 11.7. The molecular formula is C11H16O8. The number of carbonyl (C=O) groups is 4. The molecule has 0 aliphatic carbocycles. The molecule has 0 aromatic heterocycles. The second kappa shape index (κ2) is 5.68. The van der Waals surface area contributed by atoms with E-state index in [9.17, 15) is 19.2 Å². The van der Waals surface area contributed by atoms with E-state index in [0.29, 0.717) is 0 Å². The fourth-order valence-corrected chi connectivity index (χ4v) is 1.15. The van der Waals surface area contributed by atoms with E-state index in [1.165, 1.54) is 20.8 Å². The largest absolute Gasteiger partial charge is 0.481 e. The van der Waals surface area contributed by atoms with Gasteiger partial charge in [-0.2, -0.15) is 0 Å². The maximum Gasteiger partial charge on any atom is 0.349 e. The van der Waals surface area contributed by atoms with Gasteiger partial charge in [-0.05, 0) is 20.8 Å². The third-order valence-electron chi connectivity index (χ3n) is 2.16. The molecule has 0 aliphatic heterocycles. The van der Waals surface area contributed by atoms with E-state index in [0.717, 1.165) is 0 Å². The van der Waals surface area contributed by atoms with Crippen molar-refractivity contribution in [2.24, 2.45) is 5.41 Å². The number of esters is 1. The second-order valence-electron chi connectivity index (χ2n) is 5.08. The summed E-state index contributed by atoms with van der Waals surface area (Å²) in [5.41, 5.74) is -3.69. The van der Waals surface area contributed by atoms with Crippen molar-refractivity contribution in [3.63, 3.8) is 0 Å². The highest BCUT2D eigenvalue weighted by Crippen LogP contribution is 2.27. The summed E-state index contributed by atoms with van der Waals surface area (Å²) >= 11 is 0. The number of ether oxygens (including phenoxy) is 1. The number of hydrogen-bond donors (Lipinski definition) is 3. The first-order valence-corrected chi connectivity index (χ1v) is 5.31. The Morgan fingerprint density at radius 2 is 1.26 bits per heavy atom. The Hall–Kier alpha value is -2.12. The quantitative estimate of drug-likeness (QED) is 0.590. The fourth-order valence-electron chi connectivity index (χ4n) is 1.15. The van der Waals surface area contributed by atoms with Crippen LogP contribution < -0.4 is 0 Å². The molecule has 3 N–H and O–H groups in total. The third kappa shape index (κ3) is 4.94. The van der Waals surface area contributed by atoms with Gasteiger partial charge in [-0.3, -0.25) is 14.4 Å². The number of carbonyl (C=O) groups excluding carboxylic acids is 1. The third-order valence-corrected chi connectivity index (χ3v) is 2.16. The molecule has 0 aliphatic rings. The molecule has 0 heterocycles. The Morgan fingerprint density at radius 3 is 1.47 bits per heavy atom. The van der Waals surface area contributed by atoms with Crippen molar-refractivity contribution >= 4 is 23.9 Å². The van der Waals surface area contributed by atoms with Crippen molar-refractivity contribution < 1.29 is 39.2 Å². The summed E-state index contributed by atoms with van der Waals surface area (Å²) in [4.78, 5) is 44.2. The van der Waals surface area contributed by atoms with Gasteiger partial charge in [-0.25, -0.2) is 4.79 Å². The summed E-state index contributed by atoms with van der Waals surface area (Å²) in [5.74, 6) is -5.96. The minimum absolute atomic E-state index is 0.989. The van der Waals surface area contributed by atoms with Gasteiger partial charge in [0.25, 0.3) is 0 Å². The van der Waals surface area contributed by atoms with Gasteiger partial charge in [0.15, 0.2) is 0 Å². The van der Waals surface area contributed by atoms with E-state index < -0.39 is 47.7 Å². The van der Waals surface area contributed by atoms with E-state index in [-0.39, 0.29) is 0 Å². The van der Waals surface area contributed by atoms with Crippen LogP contribution in [0.4, 0.5) is 0 Å². The van der Waals surface area contributed by atoms with Crippen LogP contribution in [0.25, 0.3) is 0 Å². The molecule has 0 aromatic carbocycles. The summed E-state index contributed by atoms with van der Waals surface area (Å²) in [5, 5.41) is 26.4. The van der Waals surface area contributed by atoms with Crippen molar-refractivity contribution in [2.45, 2.75) is 39.2 Å². The maximum atomic E-state index is 11.7. The van der Waals surface area contributed by atoms with Crippen LogP contribution in [0.5, 0.6) is 0 Å². The van der Waals surface area contributed by atoms with E-state index in [1.54, 1.807) is 0 Å². The Morgan fingerprint density at radius 1 is 0.895 bits per heavy atom. The van der Waals surface area contributed by atoms with Gasteiger partial charge in [0.2, 0.25) is 5.60 Å². The highest BCUT2D eigenvalue weighted by atomic mass is 16.6. The molecule has 8 heteroatoms. The first kappa shape index (κ1) is 16.9. The highest BCUT2D eigenvalue weighted by molar-refractivity contribution is 5.91. The molecule has 0 aromatic rings. The van der Waals surface area contributed by atoms with Crippen molar-refractivity contribution in [2.75, 3.05) is 0 Å². The van der Waals surface area contributed by atoms with Crippen molar-refractivity contribution in [3.8, 4) is 0 Å². The number of hydrogen-bond acceptors (Lipinski definition) is 5. The van der Waals surface area contributed by atoms with Crippen LogP contribution in [0.2, 0.25) is 0 Å². The van der Waals surface area contributed by atoms with Gasteiger partial charge in [0.1, 0.15) is 0 Å². The second-order valence-corrected chi connectivity index (χ2v) is 5.08. The van der Waals surface area contributed by atoms with Gasteiger partial charge in [0.05, 0.1) is 18.3 Å². The Labute approximate surface area is 109 Å². The minimum atomic E-state index is -2.61. The molecule has 0 saturated heterocycles. The van der Waals surface area contributed by atoms with Gasteiger partial charge in [-0.15, -0.1) is 0 Å². The predicted octanol–water partition coefficient (Wildman–Crippen LogP) is 0.348. The van der Waals surface area contributed by atoms with Crippen molar-refractivity contribution in [1.29, 1.82) is 0 Å². The molecule has 8 nitrogen and oxygen atoms in total. The SMILES string of the molecule is CC(C)(C)C(=O)OC(CC(=O)O)(CC(=O)O)C(=O)O. The lowest BCUT2D eigenvalue weighted by Crippen LogP contribution is -2.48. The van der Waals surface area contributed by atoms with Crippen LogP contribution >= 0.6 is 0 Å². The summed E-state index contributed by atoms with van der Waals surface area (Å²) < 4.78 is 4.69. The van der Waals surface area contributed by atoms with Crippen molar-refractivity contribution in [1.82, 2.24) is 0 Å². The molecule has 0 bridgehead atoms. The van der Waals surface area contributed by atoms with Gasteiger partial charge in [0, 0.05) is 0 Å². The molecule has 0 spiro atoms. The summed E-state index contributed by atoms with van der Waals surface area (Å²) in [7, 11) is 0. The number of rotatable bonds is 6. The first-order chi connectivity index (χ1) is 8.40. The smallest absolute Gasteiger partial charge is 0.349 e. The maximum absolute atomic E-state index is 11.7. The fraction of sp³-hybridized carbons (Fsp3) is 0.636. The lowest BCUT2D eigenvalue weighted by Gasteiger charge is -2.29. The Bertz CT molecular complexity index is 387. The Balaban J connectivity index is 5.45. The zero-order valence-electron chi connectivity index (χ0n) is 10.8. The lowest BCUT2D eigenvalue weighted by molar-refractivity contribution is -0.191. The van der Waals surface area contributed by atoms with E-state index in [1.807, 2.05) is 0 Å². The van der Waals surface area contributed by atoms with Gasteiger partial charge >= 0.3 is 23.9 Å². The molecule has 0 fully saturated rings. The molecule has 0 saturated carbocycles. The average Bonchev–Trinajstić information content (AvgIpc) is 2.12. The molecule has 0 unspecified atom stereocenters. The number of aliphatic carboxylic acids is 3. The number of carboxylic acid groups (broad SMARTS) is 3. The van der Waals surface area contributed by atoms with Crippen LogP contribution in [0, 0.1) is 5.41 Å². The molecule has 0 radical (unpaired) electrons. The van der Waals surface area contributed by atoms with E-state index in [4.69, 9.17) is 15.3 Å². The molecular weight excluding hydrogens is 260 g/mol. The summed E-state index contributed by atoms with van der Waals surface area (Å²) in [6, 6.07) is 0. The predicted molar refractivity (Wildman–Crippen MR) is 60.4 cm³/mol. The topological polar surface area (TPSA) is 138 Å². The van der Waals surface area contributed by atoms with Gasteiger partial charge < -0.3 is 20.1 Å². The van der Waals surface area contributed by atoms with Crippen LogP contribution in [0.15, 0.2) is 0 Å². The summed E-state index contributed by atoms with van der Waals surface area (Å²) in [6.07, 6.45) is -2.26. The van der Waals surface area contributed by atoms with Crippen LogP contribution in [0.1, 0.15) is 33.6 Å². The van der Waals surface area contributed by atoms with Crippen LogP contribution in [-0.2, 0) is 23.9 Å². The number of carboxylic acids is 3. The van der Waals surface area contributed by atoms with E-state index in [2.05, 4.69) is 4.74 Å². The minimum Gasteiger partial charge on any atom is -0.481 e. The molecule has 0 amide bonds. The monoisotopic (exact) mass is 276 g/mol. The van der Waals surface area contributed by atoms with Crippen LogP contribution in [0.3, 0.4) is 0 Å².